The maximum atomic E-state index is 14.5. The molecule has 8 nitrogen and oxygen atoms in total. The number of H-pyrrole nitrogens is 1. The number of aromatic amines is 1. The molecule has 10 heteroatoms. The van der Waals surface area contributed by atoms with Gasteiger partial charge in [-0.15, -0.1) is 0 Å². The Kier molecular flexibility index (Phi) is 7.12. The number of fused-ring (bicyclic) bond motifs is 1. The molecule has 2 aromatic carbocycles. The highest BCUT2D eigenvalue weighted by Crippen LogP contribution is 2.34. The van der Waals surface area contributed by atoms with Crippen molar-refractivity contribution in [2.45, 2.75) is 45.3 Å². The molecule has 204 valence electrons. The summed E-state index contributed by atoms with van der Waals surface area (Å²) in [5, 5.41) is 4.09. The zero-order valence-corrected chi connectivity index (χ0v) is 22.3. The van der Waals surface area contributed by atoms with Crippen LogP contribution >= 0.6 is 0 Å². The number of piperidine rings is 1. The number of carbonyl (C=O) groups excluding carboxylic acids is 1. The quantitative estimate of drug-likeness (QED) is 0.308. The summed E-state index contributed by atoms with van der Waals surface area (Å²) >= 11 is 0. The first-order chi connectivity index (χ1) is 18.6. The fraction of sp³-hybridized carbons (Fsp3) is 0.345. The predicted octanol–water partition coefficient (Wildman–Crippen LogP) is 6.39. The van der Waals surface area contributed by atoms with Gasteiger partial charge in [0.25, 0.3) is 0 Å². The molecule has 1 saturated heterocycles. The summed E-state index contributed by atoms with van der Waals surface area (Å²) in [5.74, 6) is -0.553. The Bertz CT molecular complexity index is 1490. The van der Waals surface area contributed by atoms with E-state index in [-0.39, 0.29) is 17.7 Å². The van der Waals surface area contributed by atoms with Gasteiger partial charge in [0.1, 0.15) is 17.2 Å². The second kappa shape index (κ2) is 10.5. The van der Waals surface area contributed by atoms with Crippen molar-refractivity contribution in [1.82, 2.24) is 19.9 Å². The van der Waals surface area contributed by atoms with E-state index in [1.807, 2.05) is 20.8 Å². The lowest BCUT2D eigenvalue weighted by atomic mass is 10.0. The Balaban J connectivity index is 1.44. The predicted molar refractivity (Wildman–Crippen MR) is 146 cm³/mol. The van der Waals surface area contributed by atoms with Crippen molar-refractivity contribution in [3.8, 4) is 28.3 Å². The van der Waals surface area contributed by atoms with E-state index in [9.17, 15) is 13.6 Å². The van der Waals surface area contributed by atoms with Crippen molar-refractivity contribution in [2.24, 2.45) is 0 Å². The molecule has 1 amide bonds. The lowest BCUT2D eigenvalue weighted by molar-refractivity contribution is 0.0206. The van der Waals surface area contributed by atoms with Crippen LogP contribution in [0, 0.1) is 11.6 Å². The van der Waals surface area contributed by atoms with Gasteiger partial charge in [0, 0.05) is 47.9 Å². The molecule has 1 aliphatic heterocycles. The van der Waals surface area contributed by atoms with Crippen LogP contribution < -0.4 is 10.1 Å². The van der Waals surface area contributed by atoms with Crippen LogP contribution in [0.25, 0.3) is 33.3 Å². The number of aromatic nitrogens is 3. The zero-order valence-electron chi connectivity index (χ0n) is 22.3. The standard InChI is InChI=1S/C29H31F2N5O3/c1-29(2,3)39-28(37)36-12-6-7-18(16-36)33-27-34-24(14-25(35-27)38-4)20-15-32-23-11-10-17(13-19(20)23)26-21(30)8-5-9-22(26)31/h5,8-11,13-15,18,32H,6-7,12,16H2,1-4H3,(H,33,34,35). The average molecular weight is 536 g/mol. The van der Waals surface area contributed by atoms with E-state index in [0.29, 0.717) is 36.2 Å². The third-order valence-corrected chi connectivity index (χ3v) is 6.53. The minimum Gasteiger partial charge on any atom is -0.481 e. The van der Waals surface area contributed by atoms with Crippen LogP contribution in [-0.2, 0) is 4.74 Å². The molecule has 1 atom stereocenters. The highest BCUT2D eigenvalue weighted by molar-refractivity contribution is 5.97. The van der Waals surface area contributed by atoms with Gasteiger partial charge in [-0.05, 0) is 63.4 Å². The number of halogens is 2. The summed E-state index contributed by atoms with van der Waals surface area (Å²) in [7, 11) is 1.52. The summed E-state index contributed by atoms with van der Waals surface area (Å²) in [4.78, 5) is 26.7. The number of benzene rings is 2. The highest BCUT2D eigenvalue weighted by Gasteiger charge is 2.28. The number of methoxy groups -OCH3 is 1. The molecule has 3 heterocycles. The van der Waals surface area contributed by atoms with Gasteiger partial charge in [-0.2, -0.15) is 4.98 Å². The van der Waals surface area contributed by atoms with E-state index in [4.69, 9.17) is 14.5 Å². The molecule has 1 unspecified atom stereocenters. The minimum atomic E-state index is -0.630. The summed E-state index contributed by atoms with van der Waals surface area (Å²) in [6.45, 7) is 6.61. The van der Waals surface area contributed by atoms with Crippen molar-refractivity contribution >= 4 is 22.9 Å². The molecule has 1 fully saturated rings. The van der Waals surface area contributed by atoms with Gasteiger partial charge in [-0.25, -0.2) is 18.6 Å². The topological polar surface area (TPSA) is 92.4 Å². The molecular weight excluding hydrogens is 504 g/mol. The number of nitrogens with one attached hydrogen (secondary N) is 2. The molecule has 0 aliphatic carbocycles. The molecule has 0 spiro atoms. The number of rotatable bonds is 5. The van der Waals surface area contributed by atoms with E-state index < -0.39 is 17.2 Å². The van der Waals surface area contributed by atoms with Crippen LogP contribution in [0.1, 0.15) is 33.6 Å². The van der Waals surface area contributed by atoms with E-state index in [1.165, 1.54) is 25.3 Å². The minimum absolute atomic E-state index is 0.0789. The van der Waals surface area contributed by atoms with Crippen molar-refractivity contribution < 1.29 is 23.0 Å². The zero-order chi connectivity index (χ0) is 27.7. The first-order valence-corrected chi connectivity index (χ1v) is 12.8. The molecule has 2 aromatic heterocycles. The first-order valence-electron chi connectivity index (χ1n) is 12.8. The number of amides is 1. The second-order valence-corrected chi connectivity index (χ2v) is 10.6. The molecule has 0 saturated carbocycles. The molecule has 1 aliphatic rings. The summed E-state index contributed by atoms with van der Waals surface area (Å²) < 4.78 is 40.0. The Labute approximate surface area is 225 Å². The Hall–Kier alpha value is -4.21. The number of anilines is 1. The highest BCUT2D eigenvalue weighted by atomic mass is 19.1. The van der Waals surface area contributed by atoms with Crippen LogP contribution in [0.5, 0.6) is 5.88 Å². The summed E-state index contributed by atoms with van der Waals surface area (Å²) in [5.41, 5.74) is 1.86. The largest absolute Gasteiger partial charge is 0.481 e. The third-order valence-electron chi connectivity index (χ3n) is 6.53. The smallest absolute Gasteiger partial charge is 0.410 e. The number of likely N-dealkylation sites (tertiary alicyclic amines) is 1. The van der Waals surface area contributed by atoms with E-state index >= 15 is 0 Å². The van der Waals surface area contributed by atoms with E-state index in [2.05, 4.69) is 15.3 Å². The number of hydrogen-bond acceptors (Lipinski definition) is 6. The second-order valence-electron chi connectivity index (χ2n) is 10.6. The molecular formula is C29H31F2N5O3. The van der Waals surface area contributed by atoms with Crippen LogP contribution in [-0.4, -0.2) is 57.8 Å². The van der Waals surface area contributed by atoms with Crippen molar-refractivity contribution in [2.75, 3.05) is 25.5 Å². The van der Waals surface area contributed by atoms with Gasteiger partial charge in [-0.1, -0.05) is 12.1 Å². The van der Waals surface area contributed by atoms with Crippen LogP contribution in [0.3, 0.4) is 0 Å². The van der Waals surface area contributed by atoms with Crippen molar-refractivity contribution in [1.29, 1.82) is 0 Å². The van der Waals surface area contributed by atoms with E-state index in [0.717, 1.165) is 29.3 Å². The number of ether oxygens (including phenoxy) is 2. The molecule has 5 rings (SSSR count). The number of nitrogens with zero attached hydrogens (tertiary/aromatic N) is 3. The van der Waals surface area contributed by atoms with Crippen LogP contribution in [0.15, 0.2) is 48.7 Å². The average Bonchev–Trinajstić information content (AvgIpc) is 3.31. The van der Waals surface area contributed by atoms with Gasteiger partial charge in [-0.3, -0.25) is 0 Å². The van der Waals surface area contributed by atoms with Gasteiger partial charge in [0.05, 0.1) is 18.4 Å². The molecule has 0 radical (unpaired) electrons. The Morgan fingerprint density at radius 3 is 2.62 bits per heavy atom. The van der Waals surface area contributed by atoms with Crippen molar-refractivity contribution in [3.63, 3.8) is 0 Å². The summed E-state index contributed by atoms with van der Waals surface area (Å²) in [6, 6.07) is 10.6. The van der Waals surface area contributed by atoms with E-state index in [1.54, 1.807) is 35.4 Å². The first kappa shape index (κ1) is 26.4. The van der Waals surface area contributed by atoms with Crippen LogP contribution in [0.2, 0.25) is 0 Å². The maximum absolute atomic E-state index is 14.5. The normalized spacial score (nSPS) is 15.8. The SMILES string of the molecule is COc1cc(-c2c[nH]c3ccc(-c4c(F)cccc4F)cc23)nc(NC2CCCN(C(=O)OC(C)(C)C)C2)n1. The van der Waals surface area contributed by atoms with Crippen molar-refractivity contribution in [3.05, 3.63) is 60.3 Å². The van der Waals surface area contributed by atoms with Gasteiger partial charge >= 0.3 is 6.09 Å². The fourth-order valence-corrected chi connectivity index (χ4v) is 4.76. The van der Waals surface area contributed by atoms with Gasteiger partial charge < -0.3 is 24.7 Å². The Morgan fingerprint density at radius 2 is 1.90 bits per heavy atom. The molecule has 4 aromatic rings. The number of carbonyl (C=O) groups is 1. The molecule has 0 bridgehead atoms. The van der Waals surface area contributed by atoms with Gasteiger partial charge in [0.15, 0.2) is 0 Å². The van der Waals surface area contributed by atoms with Crippen LogP contribution in [0.4, 0.5) is 19.5 Å². The third kappa shape index (κ3) is 5.79. The summed E-state index contributed by atoms with van der Waals surface area (Å²) in [6.07, 6.45) is 3.09. The molecule has 2 N–H and O–H groups in total. The lowest BCUT2D eigenvalue weighted by Crippen LogP contribution is -2.47. The Morgan fingerprint density at radius 1 is 1.13 bits per heavy atom. The van der Waals surface area contributed by atoms with Gasteiger partial charge in [0.2, 0.25) is 11.8 Å². The monoisotopic (exact) mass is 535 g/mol. The number of hydrogen-bond donors (Lipinski definition) is 2. The lowest BCUT2D eigenvalue weighted by Gasteiger charge is -2.34. The maximum Gasteiger partial charge on any atom is 0.410 e. The fourth-order valence-electron chi connectivity index (χ4n) is 4.76. The molecule has 39 heavy (non-hydrogen) atoms.